The van der Waals surface area contributed by atoms with Gasteiger partial charge < -0.3 is 19.7 Å². The summed E-state index contributed by atoms with van der Waals surface area (Å²) in [4.78, 5) is -0.230. The van der Waals surface area contributed by atoms with Crippen LogP contribution in [-0.2, 0) is 19.9 Å². The van der Waals surface area contributed by atoms with Crippen molar-refractivity contribution in [3.05, 3.63) is 46.4 Å². The molecule has 9 nitrogen and oxygen atoms in total. The van der Waals surface area contributed by atoms with Gasteiger partial charge >= 0.3 is 0 Å². The zero-order valence-electron chi connectivity index (χ0n) is 17.2. The second-order valence-corrected chi connectivity index (χ2v) is 11.8. The number of ether oxygens (including phenoxy) is 2. The topological polar surface area (TPSA) is 139 Å². The van der Waals surface area contributed by atoms with Crippen molar-refractivity contribution < 1.29 is 36.5 Å². The predicted molar refractivity (Wildman–Crippen MR) is 125 cm³/mol. The molecule has 0 aliphatic rings. The van der Waals surface area contributed by atoms with E-state index in [1.54, 1.807) is 0 Å². The van der Waals surface area contributed by atoms with Crippen molar-refractivity contribution >= 4 is 54.7 Å². The number of alkyl halides is 1. The van der Waals surface area contributed by atoms with Gasteiger partial charge in [0.05, 0.1) is 32.0 Å². The van der Waals surface area contributed by atoms with Crippen LogP contribution in [0.15, 0.2) is 46.2 Å². The molecule has 2 aromatic rings. The Morgan fingerprint density at radius 2 is 1.45 bits per heavy atom. The maximum absolute atomic E-state index is 13.0. The molecule has 2 aromatic carbocycles. The third kappa shape index (κ3) is 8.45. The number of hydrogen-bond acceptors (Lipinski definition) is 8. The number of aliphatic hydroxyl groups is 2. The fraction of sp³-hybridized carbons (Fsp3) is 0.368. The second-order valence-electron chi connectivity index (χ2n) is 6.90. The Kier molecular flexibility index (Phi) is 10.1. The van der Waals surface area contributed by atoms with Crippen LogP contribution in [0.1, 0.15) is 0 Å². The zero-order chi connectivity index (χ0) is 24.8. The average Bonchev–Trinajstić information content (AvgIpc) is 2.75. The summed E-state index contributed by atoms with van der Waals surface area (Å²) >= 11 is 17.8. The summed E-state index contributed by atoms with van der Waals surface area (Å²) in [6, 6.07) is 7.74. The van der Waals surface area contributed by atoms with Gasteiger partial charge in [0.1, 0.15) is 31.2 Å². The van der Waals surface area contributed by atoms with Crippen LogP contribution in [0, 0.1) is 0 Å². The minimum absolute atomic E-state index is 0.0223. The van der Waals surface area contributed by atoms with E-state index < -0.39 is 32.1 Å². The predicted octanol–water partition coefficient (Wildman–Crippen LogP) is 2.09. The molecule has 0 heterocycles. The molecule has 0 aliphatic heterocycles. The standard InChI is InChI=1S/C19H22Cl3NO8S2/c1-32(26,27)23-9-13(25)11-30-14-2-4-15(5-3-14)33(28,29)16-6-17(21)19(18(22)7-16)31-10-12(24)8-20/h2-7,12-13,23-25H,8-11H2,1H3/t12-,13-/m0/s1. The molecule has 14 heteroatoms. The van der Waals surface area contributed by atoms with E-state index in [1.807, 2.05) is 0 Å². The lowest BCUT2D eigenvalue weighted by atomic mass is 10.3. The highest BCUT2D eigenvalue weighted by molar-refractivity contribution is 7.91. The van der Waals surface area contributed by atoms with Crippen LogP contribution in [0.3, 0.4) is 0 Å². The van der Waals surface area contributed by atoms with Crippen LogP contribution >= 0.6 is 34.8 Å². The number of nitrogens with one attached hydrogen (secondary N) is 1. The van der Waals surface area contributed by atoms with Crippen LogP contribution in [0.4, 0.5) is 0 Å². The van der Waals surface area contributed by atoms with E-state index in [1.165, 1.54) is 36.4 Å². The van der Waals surface area contributed by atoms with E-state index >= 15 is 0 Å². The first-order valence-corrected chi connectivity index (χ1v) is 14.0. The monoisotopic (exact) mass is 561 g/mol. The van der Waals surface area contributed by atoms with Crippen LogP contribution < -0.4 is 14.2 Å². The van der Waals surface area contributed by atoms with Crippen molar-refractivity contribution in [2.75, 3.05) is 31.9 Å². The molecule has 0 radical (unpaired) electrons. The second kappa shape index (κ2) is 11.9. The van der Waals surface area contributed by atoms with Gasteiger partial charge in [-0.15, -0.1) is 11.6 Å². The molecule has 0 aliphatic carbocycles. The van der Waals surface area contributed by atoms with Gasteiger partial charge in [0, 0.05) is 6.54 Å². The Morgan fingerprint density at radius 3 is 1.97 bits per heavy atom. The average molecular weight is 563 g/mol. The van der Waals surface area contributed by atoms with Gasteiger partial charge in [-0.05, 0) is 36.4 Å². The molecular formula is C19H22Cl3NO8S2. The first-order chi connectivity index (χ1) is 15.3. The Balaban J connectivity index is 2.11. The number of benzene rings is 2. The lowest BCUT2D eigenvalue weighted by Gasteiger charge is -2.14. The Bertz CT molecular complexity index is 1140. The number of halogens is 3. The molecule has 0 amide bonds. The normalized spacial score (nSPS) is 14.0. The molecule has 2 atom stereocenters. The molecule has 0 aromatic heterocycles. The smallest absolute Gasteiger partial charge is 0.208 e. The van der Waals surface area contributed by atoms with Gasteiger partial charge in [-0.25, -0.2) is 21.6 Å². The molecule has 184 valence electrons. The van der Waals surface area contributed by atoms with E-state index in [4.69, 9.17) is 44.3 Å². The molecule has 0 bridgehead atoms. The van der Waals surface area contributed by atoms with E-state index in [0.717, 1.165) is 6.26 Å². The molecule has 33 heavy (non-hydrogen) atoms. The van der Waals surface area contributed by atoms with Gasteiger partial charge in [0.15, 0.2) is 5.75 Å². The van der Waals surface area contributed by atoms with Gasteiger partial charge in [0.25, 0.3) is 0 Å². The van der Waals surface area contributed by atoms with Crippen LogP contribution in [0.25, 0.3) is 0 Å². The molecule has 2 rings (SSSR count). The summed E-state index contributed by atoms with van der Waals surface area (Å²) in [6.45, 7) is -0.605. The third-order valence-electron chi connectivity index (χ3n) is 4.04. The summed E-state index contributed by atoms with van der Waals surface area (Å²) in [6.07, 6.45) is -1.08. The van der Waals surface area contributed by atoms with Gasteiger partial charge in [-0.1, -0.05) is 23.2 Å². The van der Waals surface area contributed by atoms with Crippen LogP contribution in [-0.4, -0.2) is 71.2 Å². The molecule has 0 fully saturated rings. The number of sulfone groups is 1. The van der Waals surface area contributed by atoms with Crippen molar-refractivity contribution in [2.45, 2.75) is 22.0 Å². The molecule has 0 saturated heterocycles. The summed E-state index contributed by atoms with van der Waals surface area (Å²) in [7, 11) is -7.43. The lowest BCUT2D eigenvalue weighted by Crippen LogP contribution is -2.34. The summed E-state index contributed by atoms with van der Waals surface area (Å²) < 4.78 is 60.8. The van der Waals surface area contributed by atoms with Crippen molar-refractivity contribution in [1.29, 1.82) is 0 Å². The minimum Gasteiger partial charge on any atom is -0.491 e. The Hall–Kier alpha value is -1.31. The number of hydrogen-bond donors (Lipinski definition) is 3. The highest BCUT2D eigenvalue weighted by Crippen LogP contribution is 2.37. The third-order valence-corrected chi connectivity index (χ3v) is 7.40. The molecule has 0 saturated carbocycles. The van der Waals surface area contributed by atoms with Crippen molar-refractivity contribution in [2.24, 2.45) is 0 Å². The number of rotatable bonds is 12. The van der Waals surface area contributed by atoms with Gasteiger partial charge in [0.2, 0.25) is 19.9 Å². The van der Waals surface area contributed by atoms with Crippen molar-refractivity contribution in [1.82, 2.24) is 4.72 Å². The van der Waals surface area contributed by atoms with Crippen LogP contribution in [0.2, 0.25) is 10.0 Å². The number of aliphatic hydroxyl groups excluding tert-OH is 2. The van der Waals surface area contributed by atoms with Crippen molar-refractivity contribution in [3.63, 3.8) is 0 Å². The van der Waals surface area contributed by atoms with Crippen LogP contribution in [0.5, 0.6) is 11.5 Å². The highest BCUT2D eigenvalue weighted by atomic mass is 35.5. The largest absolute Gasteiger partial charge is 0.491 e. The van der Waals surface area contributed by atoms with E-state index in [0.29, 0.717) is 0 Å². The first-order valence-electron chi connectivity index (χ1n) is 9.30. The summed E-state index contributed by atoms with van der Waals surface area (Å²) in [5.74, 6) is 0.233. The van der Waals surface area contributed by atoms with E-state index in [2.05, 4.69) is 4.72 Å². The fourth-order valence-electron chi connectivity index (χ4n) is 2.40. The van der Waals surface area contributed by atoms with E-state index in [9.17, 15) is 27.0 Å². The van der Waals surface area contributed by atoms with E-state index in [-0.39, 0.29) is 57.0 Å². The van der Waals surface area contributed by atoms with Crippen molar-refractivity contribution in [3.8, 4) is 11.5 Å². The molecular weight excluding hydrogens is 541 g/mol. The maximum Gasteiger partial charge on any atom is 0.208 e. The highest BCUT2D eigenvalue weighted by Gasteiger charge is 2.22. The molecule has 3 N–H and O–H groups in total. The summed E-state index contributed by atoms with van der Waals surface area (Å²) in [5, 5.41) is 19.1. The molecule has 0 unspecified atom stereocenters. The summed E-state index contributed by atoms with van der Waals surface area (Å²) in [5.41, 5.74) is 0. The quantitative estimate of drug-likeness (QED) is 0.334. The number of sulfonamides is 1. The van der Waals surface area contributed by atoms with Gasteiger partial charge in [-0.2, -0.15) is 0 Å². The first kappa shape index (κ1) is 27.9. The van der Waals surface area contributed by atoms with Gasteiger partial charge in [-0.3, -0.25) is 0 Å². The minimum atomic E-state index is -3.99. The lowest BCUT2D eigenvalue weighted by molar-refractivity contribution is 0.111. The SMILES string of the molecule is CS(=O)(=O)NC[C@H](O)COc1ccc(S(=O)(=O)c2cc(Cl)c(OC[C@@H](O)CCl)c(Cl)c2)cc1. The zero-order valence-corrected chi connectivity index (χ0v) is 21.1. The Labute approximate surface area is 207 Å². The molecule has 0 spiro atoms. The maximum atomic E-state index is 13.0. The fourth-order valence-corrected chi connectivity index (χ4v) is 5.03. The Morgan fingerprint density at radius 1 is 0.909 bits per heavy atom.